The normalized spacial score (nSPS) is 32.2. The summed E-state index contributed by atoms with van der Waals surface area (Å²) in [4.78, 5) is 2.10. The first-order chi connectivity index (χ1) is 5.66. The second kappa shape index (κ2) is 3.65. The molecule has 1 heterocycles. The molecule has 0 amide bonds. The van der Waals surface area contributed by atoms with Gasteiger partial charge in [-0.15, -0.1) is 5.10 Å². The average molecular weight is 170 g/mol. The molecule has 2 atom stereocenters. The summed E-state index contributed by atoms with van der Waals surface area (Å²) in [6.07, 6.45) is 3.64. The maximum Gasteiger partial charge on any atom is 0.213 e. The van der Waals surface area contributed by atoms with Crippen molar-refractivity contribution in [2.75, 3.05) is 0 Å². The molecule has 0 radical (unpaired) electrons. The highest BCUT2D eigenvalue weighted by Gasteiger charge is 2.25. The van der Waals surface area contributed by atoms with Crippen LogP contribution < -0.4 is 11.6 Å². The summed E-state index contributed by atoms with van der Waals surface area (Å²) < 4.78 is 0. The van der Waals surface area contributed by atoms with Gasteiger partial charge in [-0.1, -0.05) is 0 Å². The van der Waals surface area contributed by atoms with Crippen LogP contribution in [0.3, 0.4) is 0 Å². The Morgan fingerprint density at radius 1 is 1.33 bits per heavy atom. The van der Waals surface area contributed by atoms with E-state index in [1.54, 1.807) is 0 Å². The quantitative estimate of drug-likeness (QED) is 0.240. The molecule has 0 saturated carbocycles. The van der Waals surface area contributed by atoms with E-state index in [-0.39, 0.29) is 0 Å². The molecule has 1 aliphatic rings. The van der Waals surface area contributed by atoms with Crippen molar-refractivity contribution in [2.24, 2.45) is 16.7 Å². The van der Waals surface area contributed by atoms with Crippen molar-refractivity contribution in [1.82, 2.24) is 4.90 Å². The molecule has 1 rings (SSSR count). The molecule has 1 aliphatic heterocycles. The van der Waals surface area contributed by atoms with Gasteiger partial charge in [0.25, 0.3) is 0 Å². The second-order valence-electron chi connectivity index (χ2n) is 3.52. The van der Waals surface area contributed by atoms with E-state index in [1.165, 1.54) is 19.3 Å². The molecule has 0 bridgehead atoms. The fourth-order valence-electron chi connectivity index (χ4n) is 1.94. The van der Waals surface area contributed by atoms with Crippen LogP contribution in [0.1, 0.15) is 33.1 Å². The van der Waals surface area contributed by atoms with Gasteiger partial charge in [0.2, 0.25) is 5.96 Å². The summed E-state index contributed by atoms with van der Waals surface area (Å²) in [5.41, 5.74) is 5.68. The van der Waals surface area contributed by atoms with Gasteiger partial charge >= 0.3 is 0 Å². The molecule has 4 N–H and O–H groups in total. The van der Waals surface area contributed by atoms with Crippen LogP contribution in [-0.4, -0.2) is 22.9 Å². The Balaban J connectivity index is 2.69. The lowest BCUT2D eigenvalue weighted by Gasteiger charge is -2.39. The number of piperidine rings is 1. The van der Waals surface area contributed by atoms with Crippen molar-refractivity contribution in [3.05, 3.63) is 0 Å². The largest absolute Gasteiger partial charge is 0.368 e. The first-order valence-corrected chi connectivity index (χ1v) is 4.48. The van der Waals surface area contributed by atoms with E-state index in [0.29, 0.717) is 18.0 Å². The molecule has 1 saturated heterocycles. The van der Waals surface area contributed by atoms with Crippen molar-refractivity contribution in [2.45, 2.75) is 45.2 Å². The molecule has 0 aliphatic carbocycles. The van der Waals surface area contributed by atoms with Crippen molar-refractivity contribution in [1.29, 1.82) is 0 Å². The minimum atomic E-state index is 0.467. The Kier molecular flexibility index (Phi) is 2.78. The zero-order valence-corrected chi connectivity index (χ0v) is 7.83. The summed E-state index contributed by atoms with van der Waals surface area (Å²) in [7, 11) is 0. The fourth-order valence-corrected chi connectivity index (χ4v) is 1.94. The van der Waals surface area contributed by atoms with Crippen molar-refractivity contribution in [3.63, 3.8) is 0 Å². The summed E-state index contributed by atoms with van der Waals surface area (Å²) >= 11 is 0. The van der Waals surface area contributed by atoms with Crippen LogP contribution in [0, 0.1) is 0 Å². The number of guanidine groups is 1. The average Bonchev–Trinajstić information content (AvgIpc) is 2.03. The first-order valence-electron chi connectivity index (χ1n) is 4.48. The standard InChI is InChI=1S/C8H18N4/c1-6-4-3-5-7(2)12(6)8(9)11-10/h6-7H,3-5,10H2,1-2H3,(H2,9,11)/t6-,7+. The van der Waals surface area contributed by atoms with Crippen LogP contribution >= 0.6 is 0 Å². The maximum absolute atomic E-state index is 5.68. The molecule has 4 heteroatoms. The highest BCUT2D eigenvalue weighted by atomic mass is 15.3. The molecule has 12 heavy (non-hydrogen) atoms. The fraction of sp³-hybridized carbons (Fsp3) is 0.875. The van der Waals surface area contributed by atoms with Crippen LogP contribution in [0.5, 0.6) is 0 Å². The van der Waals surface area contributed by atoms with Crippen LogP contribution in [0.2, 0.25) is 0 Å². The molecule has 70 valence electrons. The van der Waals surface area contributed by atoms with Crippen LogP contribution in [-0.2, 0) is 0 Å². The third-order valence-electron chi connectivity index (χ3n) is 2.59. The minimum Gasteiger partial charge on any atom is -0.368 e. The Morgan fingerprint density at radius 2 is 1.83 bits per heavy atom. The second-order valence-corrected chi connectivity index (χ2v) is 3.52. The number of likely N-dealkylation sites (tertiary alicyclic amines) is 1. The van der Waals surface area contributed by atoms with Crippen LogP contribution in [0.15, 0.2) is 5.10 Å². The molecular weight excluding hydrogens is 152 g/mol. The van der Waals surface area contributed by atoms with E-state index in [9.17, 15) is 0 Å². The molecule has 4 nitrogen and oxygen atoms in total. The lowest BCUT2D eigenvalue weighted by molar-refractivity contribution is 0.189. The van der Waals surface area contributed by atoms with Crippen LogP contribution in [0.25, 0.3) is 0 Å². The van der Waals surface area contributed by atoms with E-state index in [4.69, 9.17) is 11.6 Å². The zero-order chi connectivity index (χ0) is 9.14. The summed E-state index contributed by atoms with van der Waals surface area (Å²) in [5.74, 6) is 5.62. The summed E-state index contributed by atoms with van der Waals surface area (Å²) in [5, 5.41) is 3.53. The molecule has 1 fully saturated rings. The van der Waals surface area contributed by atoms with Gasteiger partial charge in [0.1, 0.15) is 0 Å². The molecule has 0 spiro atoms. The third-order valence-corrected chi connectivity index (χ3v) is 2.59. The number of hydrogen-bond acceptors (Lipinski definition) is 2. The molecular formula is C8H18N4. The Morgan fingerprint density at radius 3 is 2.25 bits per heavy atom. The minimum absolute atomic E-state index is 0.467. The van der Waals surface area contributed by atoms with Gasteiger partial charge in [0, 0.05) is 12.1 Å². The number of nitrogens with zero attached hydrogens (tertiary/aromatic N) is 2. The Labute approximate surface area is 73.6 Å². The number of rotatable bonds is 0. The predicted molar refractivity (Wildman–Crippen MR) is 50.4 cm³/mol. The van der Waals surface area contributed by atoms with Crippen molar-refractivity contribution in [3.8, 4) is 0 Å². The van der Waals surface area contributed by atoms with Gasteiger partial charge in [-0.25, -0.2) is 0 Å². The lowest BCUT2D eigenvalue weighted by Crippen LogP contribution is -2.51. The molecule has 0 aromatic rings. The van der Waals surface area contributed by atoms with Gasteiger partial charge in [-0.3, -0.25) is 0 Å². The van der Waals surface area contributed by atoms with Gasteiger partial charge in [-0.2, -0.15) is 0 Å². The Hall–Kier alpha value is -0.930. The van der Waals surface area contributed by atoms with Crippen LogP contribution in [0.4, 0.5) is 0 Å². The van der Waals surface area contributed by atoms with E-state index in [1.807, 2.05) is 0 Å². The first kappa shape index (κ1) is 9.16. The van der Waals surface area contributed by atoms with E-state index in [2.05, 4.69) is 23.8 Å². The number of hydrazone groups is 1. The Bertz CT molecular complexity index is 168. The lowest BCUT2D eigenvalue weighted by atomic mass is 9.98. The summed E-state index contributed by atoms with van der Waals surface area (Å²) in [6, 6.07) is 0.946. The highest BCUT2D eigenvalue weighted by Crippen LogP contribution is 2.21. The zero-order valence-electron chi connectivity index (χ0n) is 7.83. The van der Waals surface area contributed by atoms with E-state index in [0.717, 1.165) is 0 Å². The van der Waals surface area contributed by atoms with Gasteiger partial charge in [0.15, 0.2) is 0 Å². The predicted octanol–water partition coefficient (Wildman–Crippen LogP) is 0.438. The van der Waals surface area contributed by atoms with Gasteiger partial charge in [-0.05, 0) is 33.1 Å². The van der Waals surface area contributed by atoms with E-state index < -0.39 is 0 Å². The SMILES string of the molecule is C[C@@H]1CCC[C@H](C)N1C(N)=NN. The number of nitrogens with two attached hydrogens (primary N) is 2. The smallest absolute Gasteiger partial charge is 0.213 e. The van der Waals surface area contributed by atoms with E-state index >= 15 is 0 Å². The topological polar surface area (TPSA) is 67.6 Å². The molecule has 0 aromatic heterocycles. The molecule has 0 aromatic carbocycles. The maximum atomic E-state index is 5.68. The monoisotopic (exact) mass is 170 g/mol. The van der Waals surface area contributed by atoms with Crippen molar-refractivity contribution >= 4 is 5.96 Å². The highest BCUT2D eigenvalue weighted by molar-refractivity contribution is 5.78. The van der Waals surface area contributed by atoms with Crippen molar-refractivity contribution < 1.29 is 0 Å². The summed E-state index contributed by atoms with van der Waals surface area (Å²) in [6.45, 7) is 4.32. The molecule has 0 unspecified atom stereocenters. The van der Waals surface area contributed by atoms with Gasteiger partial charge < -0.3 is 16.5 Å². The third kappa shape index (κ3) is 1.62. The number of hydrogen-bond donors (Lipinski definition) is 2. The van der Waals surface area contributed by atoms with Gasteiger partial charge in [0.05, 0.1) is 0 Å².